The van der Waals surface area contributed by atoms with E-state index in [2.05, 4.69) is 21.2 Å². The molecule has 4 nitrogen and oxygen atoms in total. The van der Waals surface area contributed by atoms with Gasteiger partial charge in [0.15, 0.2) is 0 Å². The summed E-state index contributed by atoms with van der Waals surface area (Å²) in [5.74, 6) is -0.0532. The van der Waals surface area contributed by atoms with E-state index in [4.69, 9.17) is 0 Å². The molecule has 0 radical (unpaired) electrons. The molecule has 114 valence electrons. The molecule has 2 rings (SSSR count). The van der Waals surface area contributed by atoms with Crippen molar-refractivity contribution >= 4 is 27.7 Å². The van der Waals surface area contributed by atoms with E-state index < -0.39 is 11.6 Å². The molecule has 0 saturated carbocycles. The maximum absolute atomic E-state index is 12.7. The van der Waals surface area contributed by atoms with Crippen LogP contribution >= 0.6 is 15.9 Å². The Labute approximate surface area is 134 Å². The summed E-state index contributed by atoms with van der Waals surface area (Å²) in [5.41, 5.74) is 0.156. The maximum atomic E-state index is 12.7. The van der Waals surface area contributed by atoms with Crippen LogP contribution in [0.4, 0.5) is 0 Å². The number of halogens is 1. The summed E-state index contributed by atoms with van der Waals surface area (Å²) in [6.45, 7) is 7.86. The minimum absolute atomic E-state index is 0.0409. The largest absolute Gasteiger partial charge is 0.340 e. The highest BCUT2D eigenvalue weighted by molar-refractivity contribution is 9.10. The normalized spacial score (nSPS) is 21.6. The van der Waals surface area contributed by atoms with Crippen LogP contribution in [0.25, 0.3) is 0 Å². The van der Waals surface area contributed by atoms with Gasteiger partial charge in [0.1, 0.15) is 11.6 Å². The molecular weight excluding hydrogens is 332 g/mol. The zero-order chi connectivity index (χ0) is 15.8. The van der Waals surface area contributed by atoms with Crippen LogP contribution in [0.3, 0.4) is 0 Å². The Kier molecular flexibility index (Phi) is 4.42. The molecule has 0 spiro atoms. The number of nitrogens with zero attached hydrogens (tertiary/aromatic N) is 1. The topological polar surface area (TPSA) is 49.4 Å². The van der Waals surface area contributed by atoms with Crippen molar-refractivity contribution in [1.82, 2.24) is 10.2 Å². The highest BCUT2D eigenvalue weighted by Gasteiger charge is 2.46. The van der Waals surface area contributed by atoms with Gasteiger partial charge in [0.25, 0.3) is 0 Å². The first kappa shape index (κ1) is 16.0. The summed E-state index contributed by atoms with van der Waals surface area (Å²) in [7, 11) is 0. The van der Waals surface area contributed by atoms with E-state index in [0.29, 0.717) is 6.54 Å². The fourth-order valence-electron chi connectivity index (χ4n) is 2.73. The summed E-state index contributed by atoms with van der Waals surface area (Å²) < 4.78 is 0.967. The van der Waals surface area contributed by atoms with E-state index in [1.54, 1.807) is 18.7 Å². The van der Waals surface area contributed by atoms with Crippen molar-refractivity contribution in [2.75, 3.05) is 0 Å². The van der Waals surface area contributed by atoms with Gasteiger partial charge in [0.05, 0.1) is 0 Å². The van der Waals surface area contributed by atoms with Crippen molar-refractivity contribution in [2.45, 2.75) is 45.8 Å². The Morgan fingerprint density at radius 1 is 1.33 bits per heavy atom. The Morgan fingerprint density at radius 3 is 2.57 bits per heavy atom. The lowest BCUT2D eigenvalue weighted by atomic mass is 9.91. The van der Waals surface area contributed by atoms with Crippen molar-refractivity contribution in [3.63, 3.8) is 0 Å². The van der Waals surface area contributed by atoms with E-state index in [1.165, 1.54) is 0 Å². The van der Waals surface area contributed by atoms with E-state index in [0.717, 1.165) is 10.0 Å². The molecule has 1 heterocycles. The average Bonchev–Trinajstić information content (AvgIpc) is 2.34. The van der Waals surface area contributed by atoms with Gasteiger partial charge in [-0.05, 0) is 37.5 Å². The van der Waals surface area contributed by atoms with Gasteiger partial charge in [0.2, 0.25) is 11.8 Å². The Bertz CT molecular complexity index is 569. The maximum Gasteiger partial charge on any atom is 0.248 e. The average molecular weight is 353 g/mol. The summed E-state index contributed by atoms with van der Waals surface area (Å²) in [5, 5.41) is 2.82. The first-order chi connectivity index (χ1) is 9.72. The van der Waals surface area contributed by atoms with Crippen LogP contribution < -0.4 is 5.32 Å². The van der Waals surface area contributed by atoms with Crippen LogP contribution in [0.2, 0.25) is 0 Å². The van der Waals surface area contributed by atoms with Gasteiger partial charge in [-0.25, -0.2) is 0 Å². The number of rotatable bonds is 3. The van der Waals surface area contributed by atoms with Crippen LogP contribution in [0.15, 0.2) is 28.7 Å². The quantitative estimate of drug-likeness (QED) is 0.908. The molecule has 1 unspecified atom stereocenters. The monoisotopic (exact) mass is 352 g/mol. The standard InChI is InChI=1S/C16H21BrN2O2/c1-10(2)13-14(20)18-16(3,4)15(21)19(13)9-11-6-5-7-12(17)8-11/h5-8,10,13H,9H2,1-4H3,(H,18,20). The molecule has 5 heteroatoms. The first-order valence-electron chi connectivity index (χ1n) is 7.10. The molecule has 21 heavy (non-hydrogen) atoms. The van der Waals surface area contributed by atoms with E-state index >= 15 is 0 Å². The number of piperazine rings is 1. The molecule has 0 bridgehead atoms. The lowest BCUT2D eigenvalue weighted by molar-refractivity contribution is -0.156. The third kappa shape index (κ3) is 3.28. The van der Waals surface area contributed by atoms with E-state index in [-0.39, 0.29) is 17.7 Å². The highest BCUT2D eigenvalue weighted by atomic mass is 79.9. The number of benzene rings is 1. The molecule has 1 saturated heterocycles. The summed E-state index contributed by atoms with van der Waals surface area (Å²) in [6, 6.07) is 7.39. The Balaban J connectivity index is 2.35. The number of carbonyl (C=O) groups excluding carboxylic acids is 2. The van der Waals surface area contributed by atoms with Crippen LogP contribution in [0, 0.1) is 5.92 Å². The van der Waals surface area contributed by atoms with Gasteiger partial charge in [0, 0.05) is 11.0 Å². The molecule has 1 aliphatic heterocycles. The van der Waals surface area contributed by atoms with Gasteiger partial charge < -0.3 is 10.2 Å². The second-order valence-corrected chi connectivity index (χ2v) is 7.28. The molecular formula is C16H21BrN2O2. The summed E-state index contributed by atoms with van der Waals surface area (Å²) in [4.78, 5) is 26.7. The van der Waals surface area contributed by atoms with Crippen molar-refractivity contribution in [3.05, 3.63) is 34.3 Å². The first-order valence-corrected chi connectivity index (χ1v) is 7.89. The van der Waals surface area contributed by atoms with Gasteiger partial charge >= 0.3 is 0 Å². The zero-order valence-corrected chi connectivity index (χ0v) is 14.4. The lowest BCUT2D eigenvalue weighted by Gasteiger charge is -2.44. The van der Waals surface area contributed by atoms with Gasteiger partial charge in [-0.2, -0.15) is 0 Å². The van der Waals surface area contributed by atoms with Crippen LogP contribution in [0.1, 0.15) is 33.3 Å². The summed E-state index contributed by atoms with van der Waals surface area (Å²) >= 11 is 3.44. The van der Waals surface area contributed by atoms with Gasteiger partial charge in [-0.15, -0.1) is 0 Å². The summed E-state index contributed by atoms with van der Waals surface area (Å²) in [6.07, 6.45) is 0. The highest BCUT2D eigenvalue weighted by Crippen LogP contribution is 2.25. The Hall–Kier alpha value is -1.36. The fourth-order valence-corrected chi connectivity index (χ4v) is 3.17. The van der Waals surface area contributed by atoms with Gasteiger partial charge in [-0.3, -0.25) is 9.59 Å². The number of carbonyl (C=O) groups is 2. The third-order valence-electron chi connectivity index (χ3n) is 3.71. The lowest BCUT2D eigenvalue weighted by Crippen LogP contribution is -2.68. The van der Waals surface area contributed by atoms with E-state index in [9.17, 15) is 9.59 Å². The molecule has 1 aromatic carbocycles. The van der Waals surface area contributed by atoms with Crippen molar-refractivity contribution < 1.29 is 9.59 Å². The third-order valence-corrected chi connectivity index (χ3v) is 4.20. The molecule has 0 aromatic heterocycles. The number of hydrogen-bond acceptors (Lipinski definition) is 2. The van der Waals surface area contributed by atoms with Crippen molar-refractivity contribution in [1.29, 1.82) is 0 Å². The smallest absolute Gasteiger partial charge is 0.248 e. The number of amides is 2. The minimum Gasteiger partial charge on any atom is -0.340 e. The fraction of sp³-hybridized carbons (Fsp3) is 0.500. The van der Waals surface area contributed by atoms with Crippen molar-refractivity contribution in [2.24, 2.45) is 5.92 Å². The van der Waals surface area contributed by atoms with Crippen LogP contribution in [-0.2, 0) is 16.1 Å². The number of hydrogen-bond donors (Lipinski definition) is 1. The van der Waals surface area contributed by atoms with Gasteiger partial charge in [-0.1, -0.05) is 41.9 Å². The van der Waals surface area contributed by atoms with E-state index in [1.807, 2.05) is 38.1 Å². The molecule has 2 amide bonds. The number of nitrogens with one attached hydrogen (secondary N) is 1. The van der Waals surface area contributed by atoms with Crippen molar-refractivity contribution in [3.8, 4) is 0 Å². The SMILES string of the molecule is CC(C)C1C(=O)NC(C)(C)C(=O)N1Cc1cccc(Br)c1. The van der Waals surface area contributed by atoms with Crippen LogP contribution in [0.5, 0.6) is 0 Å². The minimum atomic E-state index is -0.853. The second-order valence-electron chi connectivity index (χ2n) is 6.37. The molecule has 1 N–H and O–H groups in total. The zero-order valence-electron chi connectivity index (χ0n) is 12.8. The molecule has 1 atom stereocenters. The van der Waals surface area contributed by atoms with Crippen LogP contribution in [-0.4, -0.2) is 28.3 Å². The molecule has 1 aromatic rings. The molecule has 1 fully saturated rings. The predicted octanol–water partition coefficient (Wildman–Crippen LogP) is 2.71. The molecule has 1 aliphatic rings. The second kappa shape index (κ2) is 5.79. The molecule has 0 aliphatic carbocycles. The predicted molar refractivity (Wildman–Crippen MR) is 85.5 cm³/mol. The Morgan fingerprint density at radius 2 is 2.00 bits per heavy atom.